The third-order valence-electron chi connectivity index (χ3n) is 9.43. The summed E-state index contributed by atoms with van der Waals surface area (Å²) in [7, 11) is 0. The molecule has 1 saturated carbocycles. The van der Waals surface area contributed by atoms with E-state index in [1.165, 1.54) is 6.92 Å². The van der Waals surface area contributed by atoms with Crippen molar-refractivity contribution >= 4 is 34.1 Å². The van der Waals surface area contributed by atoms with Gasteiger partial charge in [0.15, 0.2) is 5.78 Å². The van der Waals surface area contributed by atoms with Crippen molar-refractivity contribution in [1.82, 2.24) is 19.4 Å². The average Bonchev–Trinajstić information content (AvgIpc) is 3.51. The van der Waals surface area contributed by atoms with E-state index >= 15 is 0 Å². The molecule has 1 aliphatic carbocycles. The number of benzene rings is 1. The molecule has 1 atom stereocenters. The fourth-order valence-electron chi connectivity index (χ4n) is 7.29. The van der Waals surface area contributed by atoms with Crippen LogP contribution in [0.15, 0.2) is 29.2 Å². The Bertz CT molecular complexity index is 1540. The van der Waals surface area contributed by atoms with Gasteiger partial charge in [0.1, 0.15) is 18.0 Å². The molecule has 0 unspecified atom stereocenters. The average molecular weight is 559 g/mol. The standard InChI is InChI=1S/C31H38N6O4/c1-19-25-16-32-31(34-29(25)37(23-5-3-4-6-23)30(39)28(19)20(2)38)33-21-7-8-26-27(15-21)41-18-24-17-35(11-12-36(24)26)22-9-13-40-14-10-22/h7-8,15-16,22-24H,3-6,9-14,17-18H2,1-2H3,(H,32,33,34)/t24-/m1/s1. The number of aromatic nitrogens is 3. The highest BCUT2D eigenvalue weighted by molar-refractivity contribution is 5.99. The van der Waals surface area contributed by atoms with Crippen LogP contribution in [0, 0.1) is 6.92 Å². The topological polar surface area (TPSA) is 102 Å². The Kier molecular flexibility index (Phi) is 6.90. The monoisotopic (exact) mass is 558 g/mol. The van der Waals surface area contributed by atoms with Gasteiger partial charge in [-0.3, -0.25) is 19.1 Å². The van der Waals surface area contributed by atoms with Gasteiger partial charge in [0.05, 0.1) is 17.3 Å². The summed E-state index contributed by atoms with van der Waals surface area (Å²) in [5, 5.41) is 4.08. The fraction of sp³-hybridized carbons (Fsp3) is 0.548. The van der Waals surface area contributed by atoms with Crippen molar-refractivity contribution in [3.8, 4) is 5.75 Å². The Labute approximate surface area is 239 Å². The first kappa shape index (κ1) is 26.4. The molecule has 3 fully saturated rings. The zero-order valence-electron chi connectivity index (χ0n) is 23.9. The van der Waals surface area contributed by atoms with Gasteiger partial charge in [0.2, 0.25) is 5.95 Å². The minimum absolute atomic E-state index is 0.0449. The molecule has 0 bridgehead atoms. The van der Waals surface area contributed by atoms with Gasteiger partial charge >= 0.3 is 0 Å². The van der Waals surface area contributed by atoms with Gasteiger partial charge in [-0.2, -0.15) is 4.98 Å². The molecule has 2 aromatic heterocycles. The van der Waals surface area contributed by atoms with Gasteiger partial charge in [0, 0.05) is 68.3 Å². The van der Waals surface area contributed by atoms with Crippen LogP contribution in [0.5, 0.6) is 5.75 Å². The highest BCUT2D eigenvalue weighted by atomic mass is 16.5. The maximum Gasteiger partial charge on any atom is 0.263 e. The molecule has 41 heavy (non-hydrogen) atoms. The number of anilines is 3. The lowest BCUT2D eigenvalue weighted by Crippen LogP contribution is -2.59. The van der Waals surface area contributed by atoms with Gasteiger partial charge in [-0.05, 0) is 57.2 Å². The minimum Gasteiger partial charge on any atom is -0.489 e. The molecule has 7 rings (SSSR count). The van der Waals surface area contributed by atoms with E-state index in [-0.39, 0.29) is 22.9 Å². The fourth-order valence-corrected chi connectivity index (χ4v) is 7.29. The molecule has 5 heterocycles. The summed E-state index contributed by atoms with van der Waals surface area (Å²) in [6.45, 7) is 8.71. The molecule has 0 radical (unpaired) electrons. The summed E-state index contributed by atoms with van der Waals surface area (Å²) in [5.74, 6) is 1.05. The molecule has 0 amide bonds. The molecule has 4 aliphatic rings. The second-order valence-corrected chi connectivity index (χ2v) is 11.9. The van der Waals surface area contributed by atoms with Gasteiger partial charge in [-0.1, -0.05) is 12.8 Å². The van der Waals surface area contributed by atoms with Gasteiger partial charge < -0.3 is 19.7 Å². The number of aryl methyl sites for hydroxylation is 1. The molecule has 3 aliphatic heterocycles. The summed E-state index contributed by atoms with van der Waals surface area (Å²) in [5.41, 5.74) is 3.18. The van der Waals surface area contributed by atoms with Crippen molar-refractivity contribution in [2.75, 3.05) is 49.7 Å². The van der Waals surface area contributed by atoms with Crippen LogP contribution in [0.1, 0.15) is 67.4 Å². The van der Waals surface area contributed by atoms with Crippen molar-refractivity contribution in [3.05, 3.63) is 45.9 Å². The largest absolute Gasteiger partial charge is 0.489 e. The molecule has 2 saturated heterocycles. The van der Waals surface area contributed by atoms with E-state index in [0.29, 0.717) is 35.8 Å². The van der Waals surface area contributed by atoms with E-state index in [1.807, 2.05) is 19.1 Å². The number of carbonyl (C=O) groups excluding carboxylic acids is 1. The van der Waals surface area contributed by atoms with E-state index in [2.05, 4.69) is 26.2 Å². The first-order chi connectivity index (χ1) is 20.0. The molecule has 216 valence electrons. The van der Waals surface area contributed by atoms with Crippen molar-refractivity contribution in [2.24, 2.45) is 0 Å². The summed E-state index contributed by atoms with van der Waals surface area (Å²) < 4.78 is 13.6. The van der Waals surface area contributed by atoms with Crippen LogP contribution in [-0.4, -0.2) is 76.8 Å². The van der Waals surface area contributed by atoms with Crippen LogP contribution in [0.25, 0.3) is 11.0 Å². The highest BCUT2D eigenvalue weighted by Crippen LogP contribution is 2.38. The van der Waals surface area contributed by atoms with Crippen LogP contribution in [0.4, 0.5) is 17.3 Å². The predicted octanol–water partition coefficient (Wildman–Crippen LogP) is 4.22. The number of hydrogen-bond donors (Lipinski definition) is 1. The molecule has 1 N–H and O–H groups in total. The second kappa shape index (κ2) is 10.7. The zero-order valence-corrected chi connectivity index (χ0v) is 23.9. The first-order valence-electron chi connectivity index (χ1n) is 15.0. The Morgan fingerprint density at radius 1 is 1.05 bits per heavy atom. The van der Waals surface area contributed by atoms with Crippen molar-refractivity contribution in [1.29, 1.82) is 0 Å². The minimum atomic E-state index is -0.243. The molecule has 10 heteroatoms. The summed E-state index contributed by atoms with van der Waals surface area (Å²) in [6.07, 6.45) is 7.92. The lowest BCUT2D eigenvalue weighted by atomic mass is 10.0. The van der Waals surface area contributed by atoms with Gasteiger partial charge in [-0.15, -0.1) is 0 Å². The number of Topliss-reactive ketones (excluding diaryl/α,β-unsaturated/α-hetero) is 1. The molecular weight excluding hydrogens is 520 g/mol. The summed E-state index contributed by atoms with van der Waals surface area (Å²) in [6, 6.07) is 7.17. The number of rotatable bonds is 5. The Balaban J connectivity index is 1.15. The molecule has 0 spiro atoms. The number of fused-ring (bicyclic) bond motifs is 4. The highest BCUT2D eigenvalue weighted by Gasteiger charge is 2.36. The van der Waals surface area contributed by atoms with Crippen LogP contribution >= 0.6 is 0 Å². The lowest BCUT2D eigenvalue weighted by Gasteiger charge is -2.48. The molecule has 10 nitrogen and oxygen atoms in total. The van der Waals surface area contributed by atoms with Gasteiger partial charge in [0.25, 0.3) is 5.56 Å². The Morgan fingerprint density at radius 2 is 1.85 bits per heavy atom. The maximum atomic E-state index is 13.5. The number of pyridine rings is 1. The van der Waals surface area contributed by atoms with E-state index in [0.717, 1.165) is 93.9 Å². The maximum absolute atomic E-state index is 13.5. The number of ether oxygens (including phenoxy) is 2. The second-order valence-electron chi connectivity index (χ2n) is 11.9. The lowest BCUT2D eigenvalue weighted by molar-refractivity contribution is 0.0231. The third kappa shape index (κ3) is 4.76. The summed E-state index contributed by atoms with van der Waals surface area (Å²) >= 11 is 0. The zero-order chi connectivity index (χ0) is 28.1. The quantitative estimate of drug-likeness (QED) is 0.461. The number of hydrogen-bond acceptors (Lipinski definition) is 9. The molecule has 3 aromatic rings. The normalized spacial score (nSPS) is 21.9. The Hall–Kier alpha value is -3.50. The number of piperazine rings is 1. The van der Waals surface area contributed by atoms with E-state index in [9.17, 15) is 9.59 Å². The van der Waals surface area contributed by atoms with E-state index < -0.39 is 0 Å². The molecule has 1 aromatic carbocycles. The third-order valence-corrected chi connectivity index (χ3v) is 9.43. The molecular formula is C31H38N6O4. The first-order valence-corrected chi connectivity index (χ1v) is 15.0. The number of ketones is 1. The van der Waals surface area contributed by atoms with Crippen LogP contribution in [-0.2, 0) is 4.74 Å². The van der Waals surface area contributed by atoms with Crippen molar-refractivity contribution in [2.45, 2.75) is 70.5 Å². The number of nitrogens with one attached hydrogen (secondary N) is 1. The van der Waals surface area contributed by atoms with Crippen molar-refractivity contribution < 1.29 is 14.3 Å². The van der Waals surface area contributed by atoms with Crippen LogP contribution < -0.4 is 20.5 Å². The van der Waals surface area contributed by atoms with E-state index in [4.69, 9.17) is 14.5 Å². The Morgan fingerprint density at radius 3 is 2.63 bits per heavy atom. The predicted molar refractivity (Wildman–Crippen MR) is 158 cm³/mol. The number of carbonyl (C=O) groups is 1. The van der Waals surface area contributed by atoms with Crippen LogP contribution in [0.2, 0.25) is 0 Å². The van der Waals surface area contributed by atoms with Crippen LogP contribution in [0.3, 0.4) is 0 Å². The van der Waals surface area contributed by atoms with Gasteiger partial charge in [-0.25, -0.2) is 4.98 Å². The van der Waals surface area contributed by atoms with E-state index in [1.54, 1.807) is 10.8 Å². The summed E-state index contributed by atoms with van der Waals surface area (Å²) in [4.78, 5) is 40.4. The van der Waals surface area contributed by atoms with Crippen molar-refractivity contribution in [3.63, 3.8) is 0 Å². The smallest absolute Gasteiger partial charge is 0.263 e. The number of nitrogens with zero attached hydrogens (tertiary/aromatic N) is 5. The SMILES string of the molecule is CC(=O)c1c(C)c2cnc(Nc3ccc4c(c3)OC[C@H]3CN(C5CCOCC5)CCN43)nc2n(C2CCCC2)c1=O.